The van der Waals surface area contributed by atoms with Crippen LogP contribution in [0.4, 0.5) is 10.5 Å². The van der Waals surface area contributed by atoms with E-state index in [4.69, 9.17) is 4.74 Å². The number of benzene rings is 1. The number of hydrogen-bond acceptors (Lipinski definition) is 3. The number of aromatic nitrogens is 2. The molecule has 1 aliphatic heterocycles. The molecule has 2 aromatic rings. The summed E-state index contributed by atoms with van der Waals surface area (Å²) in [6.07, 6.45) is 3.94. The molecule has 3 N–H and O–H groups in total. The van der Waals surface area contributed by atoms with E-state index < -0.39 is 0 Å². The van der Waals surface area contributed by atoms with Gasteiger partial charge in [-0.15, -0.1) is 0 Å². The molecule has 0 aliphatic carbocycles. The lowest BCUT2D eigenvalue weighted by atomic mass is 10.0. The molecule has 3 rings (SSSR count). The van der Waals surface area contributed by atoms with Crippen molar-refractivity contribution in [3.05, 3.63) is 42.2 Å². The Bertz CT molecular complexity index is 568. The van der Waals surface area contributed by atoms with Crippen LogP contribution in [-0.4, -0.2) is 22.8 Å². The van der Waals surface area contributed by atoms with Crippen LogP contribution < -0.4 is 15.4 Å². The Kier molecular flexibility index (Phi) is 3.06. The molecule has 1 aliphatic rings. The minimum Gasteiger partial charge on any atom is -0.493 e. The lowest BCUT2D eigenvalue weighted by Gasteiger charge is -2.26. The summed E-state index contributed by atoms with van der Waals surface area (Å²) in [6, 6.07) is 7.47. The highest BCUT2D eigenvalue weighted by molar-refractivity contribution is 5.89. The van der Waals surface area contributed by atoms with Crippen molar-refractivity contribution in [3.63, 3.8) is 0 Å². The first-order valence-corrected chi connectivity index (χ1v) is 6.11. The molecule has 0 saturated carbocycles. The Morgan fingerprint density at radius 1 is 1.42 bits per heavy atom. The van der Waals surface area contributed by atoms with E-state index in [1.807, 2.05) is 24.3 Å². The normalized spacial score (nSPS) is 17.2. The van der Waals surface area contributed by atoms with Gasteiger partial charge in [0.2, 0.25) is 0 Å². The minimum atomic E-state index is -0.247. The molecule has 19 heavy (non-hydrogen) atoms. The van der Waals surface area contributed by atoms with Gasteiger partial charge in [-0.2, -0.15) is 5.10 Å². The van der Waals surface area contributed by atoms with Crippen molar-refractivity contribution in [2.24, 2.45) is 0 Å². The molecule has 6 heteroatoms. The average Bonchev–Trinajstić information content (AvgIpc) is 2.92. The van der Waals surface area contributed by atoms with Crippen LogP contribution in [0.3, 0.4) is 0 Å². The fourth-order valence-electron chi connectivity index (χ4n) is 2.14. The number of ether oxygens (including phenoxy) is 1. The van der Waals surface area contributed by atoms with E-state index in [1.54, 1.807) is 12.4 Å². The second-order valence-electron chi connectivity index (χ2n) is 4.31. The highest BCUT2D eigenvalue weighted by Crippen LogP contribution is 2.31. The number of para-hydroxylation sites is 1. The van der Waals surface area contributed by atoms with Crippen molar-refractivity contribution >= 4 is 11.7 Å². The molecular formula is C13H14N4O2. The molecule has 1 aromatic carbocycles. The van der Waals surface area contributed by atoms with Crippen LogP contribution in [0.5, 0.6) is 5.75 Å². The van der Waals surface area contributed by atoms with Crippen molar-refractivity contribution in [2.45, 2.75) is 12.5 Å². The number of aromatic amines is 1. The van der Waals surface area contributed by atoms with Gasteiger partial charge in [0, 0.05) is 18.2 Å². The van der Waals surface area contributed by atoms with Crippen LogP contribution >= 0.6 is 0 Å². The summed E-state index contributed by atoms with van der Waals surface area (Å²) in [7, 11) is 0. The summed E-state index contributed by atoms with van der Waals surface area (Å²) < 4.78 is 5.55. The lowest BCUT2D eigenvalue weighted by Crippen LogP contribution is -2.35. The first kappa shape index (κ1) is 11.6. The molecule has 0 spiro atoms. The van der Waals surface area contributed by atoms with Crippen molar-refractivity contribution < 1.29 is 9.53 Å². The summed E-state index contributed by atoms with van der Waals surface area (Å²) >= 11 is 0. The summed E-state index contributed by atoms with van der Waals surface area (Å²) in [5.74, 6) is 0.836. The number of H-pyrrole nitrogens is 1. The predicted molar refractivity (Wildman–Crippen MR) is 70.0 cm³/mol. The number of carbonyl (C=O) groups is 1. The lowest BCUT2D eigenvalue weighted by molar-refractivity contribution is 0.232. The topological polar surface area (TPSA) is 79.0 Å². The third-order valence-electron chi connectivity index (χ3n) is 3.02. The van der Waals surface area contributed by atoms with E-state index in [0.29, 0.717) is 12.3 Å². The maximum absolute atomic E-state index is 11.9. The number of rotatable bonds is 2. The van der Waals surface area contributed by atoms with E-state index >= 15 is 0 Å². The first-order chi connectivity index (χ1) is 9.33. The number of nitrogens with zero attached hydrogens (tertiary/aromatic N) is 1. The Morgan fingerprint density at radius 2 is 2.32 bits per heavy atom. The molecule has 0 fully saturated rings. The number of fused-ring (bicyclic) bond motifs is 1. The van der Waals surface area contributed by atoms with E-state index in [9.17, 15) is 4.79 Å². The molecule has 2 amide bonds. The summed E-state index contributed by atoms with van der Waals surface area (Å²) in [6.45, 7) is 0.605. The second kappa shape index (κ2) is 5.01. The molecule has 1 aromatic heterocycles. The number of carbonyl (C=O) groups excluding carboxylic acids is 1. The molecule has 2 heterocycles. The van der Waals surface area contributed by atoms with E-state index in [1.165, 1.54) is 0 Å². The number of amides is 2. The molecule has 0 bridgehead atoms. The van der Waals surface area contributed by atoms with Gasteiger partial charge < -0.3 is 15.4 Å². The van der Waals surface area contributed by atoms with Crippen LogP contribution in [-0.2, 0) is 0 Å². The zero-order chi connectivity index (χ0) is 13.1. The summed E-state index contributed by atoms with van der Waals surface area (Å²) in [5, 5.41) is 12.1. The van der Waals surface area contributed by atoms with Crippen LogP contribution in [0.1, 0.15) is 18.0 Å². The number of anilines is 1. The maximum Gasteiger partial charge on any atom is 0.319 e. The second-order valence-corrected chi connectivity index (χ2v) is 4.31. The number of urea groups is 1. The van der Waals surface area contributed by atoms with Crippen LogP contribution in [0.25, 0.3) is 0 Å². The van der Waals surface area contributed by atoms with E-state index in [0.717, 1.165) is 17.7 Å². The van der Waals surface area contributed by atoms with Crippen LogP contribution in [0.15, 0.2) is 36.7 Å². The number of nitrogens with one attached hydrogen (secondary N) is 3. The molecule has 0 unspecified atom stereocenters. The quantitative estimate of drug-likeness (QED) is 0.771. The largest absolute Gasteiger partial charge is 0.493 e. The monoisotopic (exact) mass is 258 g/mol. The molecule has 0 saturated heterocycles. The van der Waals surface area contributed by atoms with Gasteiger partial charge in [0.15, 0.2) is 0 Å². The van der Waals surface area contributed by atoms with Gasteiger partial charge in [-0.25, -0.2) is 4.79 Å². The SMILES string of the molecule is O=C(Nc1cn[nH]c1)N[C@H]1CCOc2ccccc21. The fourth-order valence-corrected chi connectivity index (χ4v) is 2.14. The maximum atomic E-state index is 11.9. The molecule has 0 radical (unpaired) electrons. The zero-order valence-electron chi connectivity index (χ0n) is 10.2. The van der Waals surface area contributed by atoms with Crippen molar-refractivity contribution in [1.29, 1.82) is 0 Å². The third-order valence-corrected chi connectivity index (χ3v) is 3.02. The molecular weight excluding hydrogens is 244 g/mol. The Labute approximate surface area is 110 Å². The fraction of sp³-hybridized carbons (Fsp3) is 0.231. The highest BCUT2D eigenvalue weighted by atomic mass is 16.5. The standard InChI is InChI=1S/C13H14N4O2/c18-13(16-9-7-14-15-8-9)17-11-5-6-19-12-4-2-1-3-10(11)12/h1-4,7-8,11H,5-6H2,(H,14,15)(H2,16,17,18)/t11-/m0/s1. The first-order valence-electron chi connectivity index (χ1n) is 6.11. The Hall–Kier alpha value is -2.50. The minimum absolute atomic E-state index is 0.0307. The van der Waals surface area contributed by atoms with Crippen LogP contribution in [0, 0.1) is 0 Å². The van der Waals surface area contributed by atoms with Gasteiger partial charge in [-0.05, 0) is 6.07 Å². The summed E-state index contributed by atoms with van der Waals surface area (Å²) in [4.78, 5) is 11.9. The van der Waals surface area contributed by atoms with Gasteiger partial charge in [-0.3, -0.25) is 5.10 Å². The van der Waals surface area contributed by atoms with Crippen molar-refractivity contribution in [3.8, 4) is 5.75 Å². The van der Waals surface area contributed by atoms with Gasteiger partial charge in [0.1, 0.15) is 5.75 Å². The molecule has 6 nitrogen and oxygen atoms in total. The Balaban J connectivity index is 1.69. The van der Waals surface area contributed by atoms with Gasteiger partial charge in [0.05, 0.1) is 24.5 Å². The third kappa shape index (κ3) is 2.52. The van der Waals surface area contributed by atoms with E-state index in [-0.39, 0.29) is 12.1 Å². The average molecular weight is 258 g/mol. The predicted octanol–water partition coefficient (Wildman–Crippen LogP) is 2.05. The van der Waals surface area contributed by atoms with E-state index in [2.05, 4.69) is 20.8 Å². The molecule has 98 valence electrons. The van der Waals surface area contributed by atoms with Crippen molar-refractivity contribution in [2.75, 3.05) is 11.9 Å². The highest BCUT2D eigenvalue weighted by Gasteiger charge is 2.22. The van der Waals surface area contributed by atoms with Gasteiger partial charge in [0.25, 0.3) is 0 Å². The summed E-state index contributed by atoms with van der Waals surface area (Å²) in [5.41, 5.74) is 1.65. The van der Waals surface area contributed by atoms with Gasteiger partial charge in [-0.1, -0.05) is 18.2 Å². The number of hydrogen-bond donors (Lipinski definition) is 3. The van der Waals surface area contributed by atoms with Crippen LogP contribution in [0.2, 0.25) is 0 Å². The molecule has 1 atom stereocenters. The Morgan fingerprint density at radius 3 is 3.16 bits per heavy atom. The smallest absolute Gasteiger partial charge is 0.319 e. The van der Waals surface area contributed by atoms with Crippen molar-refractivity contribution in [1.82, 2.24) is 15.5 Å². The zero-order valence-corrected chi connectivity index (χ0v) is 10.2. The van der Waals surface area contributed by atoms with Gasteiger partial charge >= 0.3 is 6.03 Å².